The monoisotopic (exact) mass is 299 g/mol. The summed E-state index contributed by atoms with van der Waals surface area (Å²) in [5, 5.41) is 13.2. The summed E-state index contributed by atoms with van der Waals surface area (Å²) in [7, 11) is 1.96. The minimum atomic E-state index is -0.879. The molecule has 2 aromatic carbocycles. The van der Waals surface area contributed by atoms with E-state index in [1.165, 1.54) is 6.07 Å². The number of rotatable bonds is 5. The summed E-state index contributed by atoms with van der Waals surface area (Å²) < 4.78 is 15.6. The normalized spacial score (nSPS) is 12.7. The van der Waals surface area contributed by atoms with E-state index >= 15 is 0 Å². The number of nitrogens with one attached hydrogen (secondary N) is 1. The van der Waals surface area contributed by atoms with Crippen molar-refractivity contribution < 1.29 is 9.50 Å². The SMILES string of the molecule is Cn1c(CNCC(O)c2ccccc2F)nc2ccccc21. The average molecular weight is 299 g/mol. The van der Waals surface area contributed by atoms with E-state index in [0.717, 1.165) is 16.9 Å². The van der Waals surface area contributed by atoms with E-state index in [1.54, 1.807) is 18.2 Å². The predicted molar refractivity (Wildman–Crippen MR) is 83.8 cm³/mol. The Morgan fingerprint density at radius 1 is 1.18 bits per heavy atom. The van der Waals surface area contributed by atoms with Crippen molar-refractivity contribution >= 4 is 11.0 Å². The Morgan fingerprint density at radius 3 is 2.68 bits per heavy atom. The molecule has 5 heteroatoms. The molecule has 0 aliphatic heterocycles. The number of hydrogen-bond acceptors (Lipinski definition) is 3. The van der Waals surface area contributed by atoms with Crippen LogP contribution in [0, 0.1) is 5.82 Å². The molecule has 1 aromatic heterocycles. The molecule has 1 atom stereocenters. The standard InChI is InChI=1S/C17H18FN3O/c1-21-15-9-5-4-8-14(15)20-17(21)11-19-10-16(22)12-6-2-3-7-13(12)18/h2-9,16,19,22H,10-11H2,1H3. The topological polar surface area (TPSA) is 50.1 Å². The predicted octanol–water partition coefficient (Wildman–Crippen LogP) is 2.54. The number of para-hydroxylation sites is 2. The molecule has 0 aliphatic rings. The number of aliphatic hydroxyl groups excluding tert-OH is 1. The summed E-state index contributed by atoms with van der Waals surface area (Å²) in [6, 6.07) is 14.2. The summed E-state index contributed by atoms with van der Waals surface area (Å²) in [6.45, 7) is 0.779. The number of fused-ring (bicyclic) bond motifs is 1. The highest BCUT2D eigenvalue weighted by Crippen LogP contribution is 2.17. The maximum absolute atomic E-state index is 13.6. The lowest BCUT2D eigenvalue weighted by Gasteiger charge is -2.13. The van der Waals surface area contributed by atoms with E-state index in [2.05, 4.69) is 10.3 Å². The third kappa shape index (κ3) is 2.86. The van der Waals surface area contributed by atoms with Crippen molar-refractivity contribution in [2.24, 2.45) is 7.05 Å². The van der Waals surface area contributed by atoms with Gasteiger partial charge in [0, 0.05) is 19.2 Å². The molecule has 3 rings (SSSR count). The van der Waals surface area contributed by atoms with Crippen LogP contribution in [0.25, 0.3) is 11.0 Å². The molecule has 1 heterocycles. The van der Waals surface area contributed by atoms with Crippen molar-refractivity contribution in [3.8, 4) is 0 Å². The van der Waals surface area contributed by atoms with Gasteiger partial charge in [0.05, 0.1) is 23.7 Å². The number of aliphatic hydroxyl groups is 1. The van der Waals surface area contributed by atoms with Gasteiger partial charge in [-0.1, -0.05) is 30.3 Å². The third-order valence-electron chi connectivity index (χ3n) is 3.76. The van der Waals surface area contributed by atoms with Gasteiger partial charge < -0.3 is 15.0 Å². The Kier molecular flexibility index (Phi) is 4.18. The van der Waals surface area contributed by atoms with Crippen LogP contribution in [0.1, 0.15) is 17.5 Å². The van der Waals surface area contributed by atoms with Gasteiger partial charge in [0.15, 0.2) is 0 Å². The fourth-order valence-corrected chi connectivity index (χ4v) is 2.53. The largest absolute Gasteiger partial charge is 0.387 e. The van der Waals surface area contributed by atoms with Gasteiger partial charge in [-0.2, -0.15) is 0 Å². The first-order valence-corrected chi connectivity index (χ1v) is 7.20. The highest BCUT2D eigenvalue weighted by molar-refractivity contribution is 5.75. The Bertz CT molecular complexity index is 784. The molecule has 114 valence electrons. The molecule has 3 aromatic rings. The second-order valence-corrected chi connectivity index (χ2v) is 5.24. The Morgan fingerprint density at radius 2 is 1.91 bits per heavy atom. The van der Waals surface area contributed by atoms with Crippen LogP contribution < -0.4 is 5.32 Å². The lowest BCUT2D eigenvalue weighted by atomic mass is 10.1. The van der Waals surface area contributed by atoms with Gasteiger partial charge in [-0.3, -0.25) is 0 Å². The number of halogens is 1. The van der Waals surface area contributed by atoms with Crippen LogP contribution in [0.5, 0.6) is 0 Å². The molecule has 22 heavy (non-hydrogen) atoms. The molecule has 0 aliphatic carbocycles. The fourth-order valence-electron chi connectivity index (χ4n) is 2.53. The highest BCUT2D eigenvalue weighted by atomic mass is 19.1. The average Bonchev–Trinajstić information content (AvgIpc) is 2.84. The van der Waals surface area contributed by atoms with Crippen molar-refractivity contribution in [3.05, 3.63) is 65.7 Å². The van der Waals surface area contributed by atoms with E-state index in [-0.39, 0.29) is 12.4 Å². The number of aromatic nitrogens is 2. The first-order valence-electron chi connectivity index (χ1n) is 7.20. The number of imidazole rings is 1. The molecule has 0 amide bonds. The summed E-state index contributed by atoms with van der Waals surface area (Å²) in [5.41, 5.74) is 2.31. The molecule has 0 saturated carbocycles. The minimum Gasteiger partial charge on any atom is -0.387 e. The molecule has 0 saturated heterocycles. The van der Waals surface area contributed by atoms with Crippen molar-refractivity contribution in [2.75, 3.05) is 6.54 Å². The van der Waals surface area contributed by atoms with Crippen LogP contribution in [-0.2, 0) is 13.6 Å². The van der Waals surface area contributed by atoms with Gasteiger partial charge in [0.2, 0.25) is 0 Å². The van der Waals surface area contributed by atoms with Crippen molar-refractivity contribution in [1.82, 2.24) is 14.9 Å². The zero-order chi connectivity index (χ0) is 15.5. The number of hydrogen-bond donors (Lipinski definition) is 2. The second-order valence-electron chi connectivity index (χ2n) is 5.24. The molecule has 1 unspecified atom stereocenters. The first-order chi connectivity index (χ1) is 10.7. The number of nitrogens with zero attached hydrogens (tertiary/aromatic N) is 2. The van der Waals surface area contributed by atoms with Gasteiger partial charge in [-0.25, -0.2) is 9.37 Å². The Balaban J connectivity index is 1.65. The summed E-state index contributed by atoms with van der Waals surface area (Å²) in [5.74, 6) is 0.487. The molecule has 0 radical (unpaired) electrons. The molecule has 4 nitrogen and oxygen atoms in total. The first kappa shape index (κ1) is 14.7. The molecular formula is C17H18FN3O. The Labute approximate surface area is 128 Å². The molecule has 0 bridgehead atoms. The summed E-state index contributed by atoms with van der Waals surface area (Å²) >= 11 is 0. The highest BCUT2D eigenvalue weighted by Gasteiger charge is 2.12. The number of benzene rings is 2. The molecule has 0 spiro atoms. The van der Waals surface area contributed by atoms with Gasteiger partial charge in [0.1, 0.15) is 11.6 Å². The van der Waals surface area contributed by atoms with Crippen LogP contribution in [0.15, 0.2) is 48.5 Å². The lowest BCUT2D eigenvalue weighted by Crippen LogP contribution is -2.23. The van der Waals surface area contributed by atoms with Gasteiger partial charge >= 0.3 is 0 Å². The van der Waals surface area contributed by atoms with Crippen LogP contribution in [0.2, 0.25) is 0 Å². The third-order valence-corrected chi connectivity index (χ3v) is 3.76. The van der Waals surface area contributed by atoms with Crippen molar-refractivity contribution in [2.45, 2.75) is 12.6 Å². The van der Waals surface area contributed by atoms with E-state index in [9.17, 15) is 9.50 Å². The second kappa shape index (κ2) is 6.25. The molecular weight excluding hydrogens is 281 g/mol. The zero-order valence-corrected chi connectivity index (χ0v) is 12.3. The maximum Gasteiger partial charge on any atom is 0.129 e. The van der Waals surface area contributed by atoms with Crippen LogP contribution >= 0.6 is 0 Å². The fraction of sp³-hybridized carbons (Fsp3) is 0.235. The van der Waals surface area contributed by atoms with Crippen molar-refractivity contribution in [1.29, 1.82) is 0 Å². The summed E-state index contributed by atoms with van der Waals surface area (Å²) in [4.78, 5) is 4.54. The zero-order valence-electron chi connectivity index (χ0n) is 12.3. The van der Waals surface area contributed by atoms with Gasteiger partial charge in [0.25, 0.3) is 0 Å². The quantitative estimate of drug-likeness (QED) is 0.761. The van der Waals surface area contributed by atoms with Crippen molar-refractivity contribution in [3.63, 3.8) is 0 Å². The van der Waals surface area contributed by atoms with E-state index in [1.807, 2.05) is 35.9 Å². The lowest BCUT2D eigenvalue weighted by molar-refractivity contribution is 0.169. The molecule has 0 fully saturated rings. The van der Waals surface area contributed by atoms with E-state index in [4.69, 9.17) is 0 Å². The maximum atomic E-state index is 13.6. The minimum absolute atomic E-state index is 0.268. The van der Waals surface area contributed by atoms with Crippen LogP contribution in [-0.4, -0.2) is 21.2 Å². The van der Waals surface area contributed by atoms with Crippen LogP contribution in [0.3, 0.4) is 0 Å². The van der Waals surface area contributed by atoms with E-state index in [0.29, 0.717) is 12.1 Å². The van der Waals surface area contributed by atoms with Gasteiger partial charge in [-0.05, 0) is 18.2 Å². The smallest absolute Gasteiger partial charge is 0.129 e. The number of aryl methyl sites for hydroxylation is 1. The van der Waals surface area contributed by atoms with Crippen LogP contribution in [0.4, 0.5) is 4.39 Å². The van der Waals surface area contributed by atoms with E-state index < -0.39 is 6.10 Å². The van der Waals surface area contributed by atoms with Gasteiger partial charge in [-0.15, -0.1) is 0 Å². The Hall–Kier alpha value is -2.24. The molecule has 2 N–H and O–H groups in total. The summed E-state index contributed by atoms with van der Waals surface area (Å²) in [6.07, 6.45) is -0.879.